The maximum absolute atomic E-state index is 13.3. The zero-order valence-electron chi connectivity index (χ0n) is 22.5. The van der Waals surface area contributed by atoms with Crippen LogP contribution in [-0.4, -0.2) is 66.0 Å². The van der Waals surface area contributed by atoms with E-state index in [9.17, 15) is 14.7 Å². The van der Waals surface area contributed by atoms with Gasteiger partial charge in [0.05, 0.1) is 24.8 Å². The topological polar surface area (TPSA) is 79.3 Å². The molecule has 37 heavy (non-hydrogen) atoms. The van der Waals surface area contributed by atoms with Gasteiger partial charge in [-0.1, -0.05) is 46.2 Å². The number of benzene rings is 2. The minimum Gasteiger partial charge on any atom is -0.507 e. The molecule has 1 unspecified atom stereocenters. The fourth-order valence-electron chi connectivity index (χ4n) is 4.41. The smallest absolute Gasteiger partial charge is 0.295 e. The molecule has 200 valence electrons. The summed E-state index contributed by atoms with van der Waals surface area (Å²) in [7, 11) is 0. The Kier molecular flexibility index (Phi) is 10.6. The van der Waals surface area contributed by atoms with Crippen LogP contribution in [0, 0.1) is 0 Å². The van der Waals surface area contributed by atoms with E-state index in [4.69, 9.17) is 9.47 Å². The van der Waals surface area contributed by atoms with Gasteiger partial charge < -0.3 is 24.4 Å². The lowest BCUT2D eigenvalue weighted by molar-refractivity contribution is -0.140. The van der Waals surface area contributed by atoms with E-state index in [0.717, 1.165) is 43.7 Å². The summed E-state index contributed by atoms with van der Waals surface area (Å²) < 4.78 is 11.4. The van der Waals surface area contributed by atoms with E-state index in [1.165, 1.54) is 0 Å². The molecule has 1 aliphatic heterocycles. The van der Waals surface area contributed by atoms with Crippen molar-refractivity contribution in [3.8, 4) is 11.5 Å². The number of likely N-dealkylation sites (N-methyl/N-ethyl adjacent to an activating group) is 1. The highest BCUT2D eigenvalue weighted by Crippen LogP contribution is 2.40. The Balaban J connectivity index is 1.98. The molecule has 7 nitrogen and oxygen atoms in total. The molecule has 1 fully saturated rings. The molecule has 1 saturated heterocycles. The van der Waals surface area contributed by atoms with Gasteiger partial charge in [-0.3, -0.25) is 9.59 Å². The molecule has 0 spiro atoms. The van der Waals surface area contributed by atoms with Crippen molar-refractivity contribution >= 4 is 17.4 Å². The number of likely N-dealkylation sites (tertiary alicyclic amines) is 1. The van der Waals surface area contributed by atoms with Crippen molar-refractivity contribution in [2.24, 2.45) is 0 Å². The molecular weight excluding hydrogens is 468 g/mol. The molecule has 0 aliphatic carbocycles. The molecule has 1 N–H and O–H groups in total. The summed E-state index contributed by atoms with van der Waals surface area (Å²) in [6.45, 7) is 12.2. The molecule has 7 heteroatoms. The van der Waals surface area contributed by atoms with Gasteiger partial charge in [-0.2, -0.15) is 0 Å². The monoisotopic (exact) mass is 508 g/mol. The van der Waals surface area contributed by atoms with Crippen molar-refractivity contribution in [2.75, 3.05) is 39.4 Å². The number of hydrogen-bond acceptors (Lipinski definition) is 6. The van der Waals surface area contributed by atoms with E-state index < -0.39 is 17.7 Å². The van der Waals surface area contributed by atoms with Crippen LogP contribution in [0.4, 0.5) is 0 Å². The van der Waals surface area contributed by atoms with E-state index in [1.54, 1.807) is 29.2 Å². The molecule has 2 aromatic carbocycles. The van der Waals surface area contributed by atoms with Gasteiger partial charge in [0.25, 0.3) is 11.7 Å². The maximum Gasteiger partial charge on any atom is 0.295 e. The second-order valence-corrected chi connectivity index (χ2v) is 9.16. The zero-order valence-corrected chi connectivity index (χ0v) is 22.5. The number of unbranched alkanes of at least 4 members (excludes halogenated alkanes) is 1. The Bertz CT molecular complexity index is 1060. The molecule has 1 amide bonds. The average Bonchev–Trinajstić information content (AvgIpc) is 3.18. The molecule has 0 bridgehead atoms. The number of aliphatic hydroxyl groups is 1. The van der Waals surface area contributed by atoms with E-state index >= 15 is 0 Å². The third-order valence-electron chi connectivity index (χ3n) is 6.65. The summed E-state index contributed by atoms with van der Waals surface area (Å²) >= 11 is 0. The molecule has 1 aliphatic rings. The summed E-state index contributed by atoms with van der Waals surface area (Å²) in [4.78, 5) is 30.3. The van der Waals surface area contributed by atoms with Crippen molar-refractivity contribution in [1.29, 1.82) is 0 Å². The SMILES string of the molecule is CCCCOc1ccc(C2C(=C(O)c3ccc(OCCC)cc3)C(=O)C(=O)N2CCN(CC)CC)cc1. The number of hydrogen-bond donors (Lipinski definition) is 1. The van der Waals surface area contributed by atoms with Crippen molar-refractivity contribution in [3.63, 3.8) is 0 Å². The molecule has 0 saturated carbocycles. The Morgan fingerprint density at radius 3 is 2.03 bits per heavy atom. The average molecular weight is 509 g/mol. The first-order valence-electron chi connectivity index (χ1n) is 13.4. The van der Waals surface area contributed by atoms with Crippen LogP contribution < -0.4 is 9.47 Å². The predicted molar refractivity (Wildman–Crippen MR) is 146 cm³/mol. The largest absolute Gasteiger partial charge is 0.507 e. The quantitative estimate of drug-likeness (QED) is 0.159. The van der Waals surface area contributed by atoms with Gasteiger partial charge in [0.15, 0.2) is 0 Å². The van der Waals surface area contributed by atoms with Crippen molar-refractivity contribution in [3.05, 3.63) is 65.2 Å². The van der Waals surface area contributed by atoms with Crippen LogP contribution in [0.5, 0.6) is 11.5 Å². The van der Waals surface area contributed by atoms with Gasteiger partial charge in [-0.25, -0.2) is 0 Å². The van der Waals surface area contributed by atoms with Crippen LogP contribution in [0.2, 0.25) is 0 Å². The van der Waals surface area contributed by atoms with E-state index in [0.29, 0.717) is 37.6 Å². The van der Waals surface area contributed by atoms with Crippen LogP contribution in [-0.2, 0) is 9.59 Å². The second-order valence-electron chi connectivity index (χ2n) is 9.16. The molecular formula is C30H40N2O5. The number of rotatable bonds is 14. The van der Waals surface area contributed by atoms with Gasteiger partial charge in [0.2, 0.25) is 0 Å². The summed E-state index contributed by atoms with van der Waals surface area (Å²) in [5.41, 5.74) is 1.33. The number of carbonyl (C=O) groups excluding carboxylic acids is 2. The maximum atomic E-state index is 13.3. The number of Topliss-reactive ketones (excluding diaryl/α,β-unsaturated/α-hetero) is 1. The highest BCUT2D eigenvalue weighted by Gasteiger charge is 2.46. The van der Waals surface area contributed by atoms with Crippen molar-refractivity contribution in [1.82, 2.24) is 9.80 Å². The zero-order chi connectivity index (χ0) is 26.8. The number of carbonyl (C=O) groups is 2. The van der Waals surface area contributed by atoms with Gasteiger partial charge in [-0.05, 0) is 67.9 Å². The summed E-state index contributed by atoms with van der Waals surface area (Å²) in [6, 6.07) is 13.7. The van der Waals surface area contributed by atoms with Gasteiger partial charge >= 0.3 is 0 Å². The first-order chi connectivity index (χ1) is 17.9. The minimum atomic E-state index is -0.684. The standard InChI is InChI=1S/C30H40N2O5/c1-5-9-21-37-25-14-10-22(11-15-25)27-26(28(33)23-12-16-24(17-13-23)36-20-6-2)29(34)30(35)32(27)19-18-31(7-3)8-4/h10-17,27,33H,5-9,18-21H2,1-4H3. The molecule has 2 aromatic rings. The fraction of sp³-hybridized carbons (Fsp3) is 0.467. The Morgan fingerprint density at radius 1 is 0.865 bits per heavy atom. The van der Waals surface area contributed by atoms with E-state index in [2.05, 4.69) is 25.7 Å². The predicted octanol–water partition coefficient (Wildman–Crippen LogP) is 5.42. The summed E-state index contributed by atoms with van der Waals surface area (Å²) in [5.74, 6) is -0.0197. The highest BCUT2D eigenvalue weighted by molar-refractivity contribution is 6.46. The summed E-state index contributed by atoms with van der Waals surface area (Å²) in [5, 5.41) is 11.3. The Labute approximate surface area is 220 Å². The summed E-state index contributed by atoms with van der Waals surface area (Å²) in [6.07, 6.45) is 2.90. The molecule has 0 aromatic heterocycles. The number of ether oxygens (including phenoxy) is 2. The van der Waals surface area contributed by atoms with Gasteiger partial charge in [0, 0.05) is 18.7 Å². The normalized spacial score (nSPS) is 17.0. The number of aliphatic hydroxyl groups excluding tert-OH is 1. The molecule has 1 heterocycles. The van der Waals surface area contributed by atoms with Crippen LogP contribution >= 0.6 is 0 Å². The van der Waals surface area contributed by atoms with E-state index in [-0.39, 0.29) is 11.3 Å². The molecule has 0 radical (unpaired) electrons. The number of amides is 1. The first-order valence-corrected chi connectivity index (χ1v) is 13.4. The fourth-order valence-corrected chi connectivity index (χ4v) is 4.41. The van der Waals surface area contributed by atoms with Crippen molar-refractivity contribution < 1.29 is 24.2 Å². The second kappa shape index (κ2) is 13.8. The van der Waals surface area contributed by atoms with Crippen LogP contribution in [0.15, 0.2) is 54.1 Å². The Hall–Kier alpha value is -3.32. The first kappa shape index (κ1) is 28.3. The number of ketones is 1. The van der Waals surface area contributed by atoms with Gasteiger partial charge in [-0.15, -0.1) is 0 Å². The minimum absolute atomic E-state index is 0.103. The highest BCUT2D eigenvalue weighted by atomic mass is 16.5. The van der Waals surface area contributed by atoms with E-state index in [1.807, 2.05) is 31.2 Å². The van der Waals surface area contributed by atoms with Gasteiger partial charge in [0.1, 0.15) is 17.3 Å². The lowest BCUT2D eigenvalue weighted by atomic mass is 9.95. The third kappa shape index (κ3) is 6.92. The lowest BCUT2D eigenvalue weighted by Gasteiger charge is -2.28. The third-order valence-corrected chi connectivity index (χ3v) is 6.65. The van der Waals surface area contributed by atoms with Crippen molar-refractivity contribution in [2.45, 2.75) is 53.0 Å². The lowest BCUT2D eigenvalue weighted by Crippen LogP contribution is -2.38. The molecule has 3 rings (SSSR count). The van der Waals surface area contributed by atoms with Crippen LogP contribution in [0.25, 0.3) is 5.76 Å². The Morgan fingerprint density at radius 2 is 1.46 bits per heavy atom. The van der Waals surface area contributed by atoms with Crippen LogP contribution in [0.3, 0.4) is 0 Å². The van der Waals surface area contributed by atoms with Crippen LogP contribution in [0.1, 0.15) is 64.1 Å². The molecule has 1 atom stereocenters. The number of nitrogens with zero attached hydrogens (tertiary/aromatic N) is 2.